The van der Waals surface area contributed by atoms with Crippen LogP contribution < -0.4 is 16.4 Å². The topological polar surface area (TPSA) is 122 Å². The summed E-state index contributed by atoms with van der Waals surface area (Å²) in [6, 6.07) is -1.78. The molecule has 8 heteroatoms. The van der Waals surface area contributed by atoms with Crippen LogP contribution in [0.3, 0.4) is 0 Å². The van der Waals surface area contributed by atoms with Crippen LogP contribution in [0.5, 0.6) is 0 Å². The number of Topliss-reactive ketones (excluding diaryl/α,β-unsaturated/α-hetero) is 1. The minimum Gasteiger partial charge on any atom is -0.350 e. The molecular weight excluding hydrogens is 396 g/mol. The van der Waals surface area contributed by atoms with Gasteiger partial charge in [0.25, 0.3) is 0 Å². The average molecular weight is 433 g/mol. The second-order valence-corrected chi connectivity index (χ2v) is 9.60. The van der Waals surface area contributed by atoms with Crippen molar-refractivity contribution < 1.29 is 19.2 Å². The number of carbonyl (C=O) groups is 4. The molecule has 0 aromatic rings. The SMILES string of the molecule is C=C(C(=O)NC1CC1)C(CCC)NC(=O)C1[C@H]2CCC(=O)[C@H]2CN1C(=O)[C@@H](N)C(C)C. The number of nitrogens with one attached hydrogen (secondary N) is 2. The molecule has 2 aliphatic carbocycles. The van der Waals surface area contributed by atoms with Crippen molar-refractivity contribution in [3.8, 4) is 0 Å². The minimum atomic E-state index is -0.743. The van der Waals surface area contributed by atoms with Crippen LogP contribution in [0.2, 0.25) is 0 Å². The third-order valence-electron chi connectivity index (χ3n) is 6.86. The third-order valence-corrected chi connectivity index (χ3v) is 6.86. The summed E-state index contributed by atoms with van der Waals surface area (Å²) in [6.45, 7) is 9.87. The molecule has 0 bridgehead atoms. The highest BCUT2D eigenvalue weighted by Gasteiger charge is 2.53. The van der Waals surface area contributed by atoms with Gasteiger partial charge in [0, 0.05) is 36.4 Å². The van der Waals surface area contributed by atoms with Crippen molar-refractivity contribution in [1.29, 1.82) is 0 Å². The lowest BCUT2D eigenvalue weighted by Crippen LogP contribution is -2.56. The van der Waals surface area contributed by atoms with E-state index in [9.17, 15) is 19.2 Å². The summed E-state index contributed by atoms with van der Waals surface area (Å²) in [6.07, 6.45) is 4.29. The molecule has 3 rings (SSSR count). The number of amides is 3. The van der Waals surface area contributed by atoms with Gasteiger partial charge < -0.3 is 21.3 Å². The predicted octanol–water partition coefficient (Wildman–Crippen LogP) is 0.896. The molecular formula is C23H36N4O4. The summed E-state index contributed by atoms with van der Waals surface area (Å²) in [4.78, 5) is 52.8. The number of ketones is 1. The second-order valence-electron chi connectivity index (χ2n) is 9.60. The number of likely N-dealkylation sites (tertiary alicyclic amines) is 1. The largest absolute Gasteiger partial charge is 0.350 e. The fraction of sp³-hybridized carbons (Fsp3) is 0.739. The fourth-order valence-electron chi connectivity index (χ4n) is 4.69. The van der Waals surface area contributed by atoms with Gasteiger partial charge in [-0.05, 0) is 31.6 Å². The average Bonchev–Trinajstić information content (AvgIpc) is 3.35. The van der Waals surface area contributed by atoms with Crippen molar-refractivity contribution in [2.75, 3.05) is 6.54 Å². The van der Waals surface area contributed by atoms with Crippen LogP contribution >= 0.6 is 0 Å². The van der Waals surface area contributed by atoms with E-state index in [2.05, 4.69) is 17.2 Å². The van der Waals surface area contributed by atoms with E-state index in [1.54, 1.807) is 0 Å². The fourth-order valence-corrected chi connectivity index (χ4v) is 4.69. The van der Waals surface area contributed by atoms with Gasteiger partial charge in [-0.15, -0.1) is 0 Å². The normalized spacial score (nSPS) is 27.1. The summed E-state index contributed by atoms with van der Waals surface area (Å²) < 4.78 is 0. The first-order valence-electron chi connectivity index (χ1n) is 11.5. The van der Waals surface area contributed by atoms with Crippen LogP contribution in [-0.4, -0.2) is 59.1 Å². The Hall–Kier alpha value is -2.22. The lowest BCUT2D eigenvalue weighted by molar-refractivity contribution is -0.141. The Morgan fingerprint density at radius 1 is 1.23 bits per heavy atom. The van der Waals surface area contributed by atoms with E-state index in [0.717, 1.165) is 19.3 Å². The smallest absolute Gasteiger partial charge is 0.248 e. The molecule has 0 aromatic heterocycles. The maximum Gasteiger partial charge on any atom is 0.248 e. The molecule has 31 heavy (non-hydrogen) atoms. The lowest BCUT2D eigenvalue weighted by Gasteiger charge is -2.31. The molecule has 2 saturated carbocycles. The van der Waals surface area contributed by atoms with Crippen molar-refractivity contribution in [1.82, 2.24) is 15.5 Å². The number of nitrogens with zero attached hydrogens (tertiary/aromatic N) is 1. The van der Waals surface area contributed by atoms with Crippen molar-refractivity contribution in [3.63, 3.8) is 0 Å². The highest BCUT2D eigenvalue weighted by atomic mass is 16.2. The Bertz CT molecular complexity index is 761. The third kappa shape index (κ3) is 5.00. The van der Waals surface area contributed by atoms with Crippen LogP contribution in [0.4, 0.5) is 0 Å². The van der Waals surface area contributed by atoms with Gasteiger partial charge in [0.15, 0.2) is 0 Å². The molecule has 0 spiro atoms. The Kier molecular flexibility index (Phi) is 7.19. The first-order chi connectivity index (χ1) is 14.6. The monoisotopic (exact) mass is 432 g/mol. The van der Waals surface area contributed by atoms with Gasteiger partial charge in [0.1, 0.15) is 11.8 Å². The van der Waals surface area contributed by atoms with Crippen LogP contribution in [0.1, 0.15) is 59.3 Å². The molecule has 3 amide bonds. The summed E-state index contributed by atoms with van der Waals surface area (Å²) in [5.74, 6) is -1.35. The number of hydrogen-bond donors (Lipinski definition) is 3. The number of rotatable bonds is 9. The summed E-state index contributed by atoms with van der Waals surface area (Å²) in [7, 11) is 0. The van der Waals surface area contributed by atoms with E-state index in [0.29, 0.717) is 24.8 Å². The van der Waals surface area contributed by atoms with E-state index >= 15 is 0 Å². The number of fused-ring (bicyclic) bond motifs is 1. The molecule has 0 aromatic carbocycles. The molecule has 4 N–H and O–H groups in total. The minimum absolute atomic E-state index is 0.0777. The van der Waals surface area contributed by atoms with Gasteiger partial charge in [-0.3, -0.25) is 19.2 Å². The molecule has 5 atom stereocenters. The van der Waals surface area contributed by atoms with Crippen molar-refractivity contribution in [2.24, 2.45) is 23.5 Å². The number of hydrogen-bond acceptors (Lipinski definition) is 5. The van der Waals surface area contributed by atoms with Crippen LogP contribution in [0.25, 0.3) is 0 Å². The molecule has 8 nitrogen and oxygen atoms in total. The number of nitrogens with two attached hydrogens (primary N) is 1. The van der Waals surface area contributed by atoms with E-state index < -0.39 is 18.1 Å². The van der Waals surface area contributed by atoms with Crippen LogP contribution in [-0.2, 0) is 19.2 Å². The first kappa shape index (κ1) is 23.4. The highest BCUT2D eigenvalue weighted by molar-refractivity contribution is 5.97. The molecule has 1 saturated heterocycles. The maximum absolute atomic E-state index is 13.4. The van der Waals surface area contributed by atoms with Crippen molar-refractivity contribution in [3.05, 3.63) is 12.2 Å². The van der Waals surface area contributed by atoms with Gasteiger partial charge in [-0.2, -0.15) is 0 Å². The summed E-state index contributed by atoms with van der Waals surface area (Å²) in [5.41, 5.74) is 6.43. The predicted molar refractivity (Wildman–Crippen MR) is 117 cm³/mol. The molecule has 3 fully saturated rings. The summed E-state index contributed by atoms with van der Waals surface area (Å²) in [5, 5.41) is 5.89. The Labute approximate surface area is 184 Å². The maximum atomic E-state index is 13.4. The molecule has 2 unspecified atom stereocenters. The van der Waals surface area contributed by atoms with Gasteiger partial charge in [-0.1, -0.05) is 33.8 Å². The van der Waals surface area contributed by atoms with Crippen molar-refractivity contribution >= 4 is 23.5 Å². The molecule has 0 radical (unpaired) electrons. The second kappa shape index (κ2) is 9.51. The quantitative estimate of drug-likeness (QED) is 0.467. The Balaban J connectivity index is 1.77. The van der Waals surface area contributed by atoms with E-state index in [1.165, 1.54) is 4.90 Å². The zero-order chi connectivity index (χ0) is 22.9. The Morgan fingerprint density at radius 2 is 1.90 bits per heavy atom. The van der Waals surface area contributed by atoms with Crippen LogP contribution in [0.15, 0.2) is 12.2 Å². The molecule has 3 aliphatic rings. The van der Waals surface area contributed by atoms with Gasteiger partial charge in [-0.25, -0.2) is 0 Å². The molecule has 1 aliphatic heterocycles. The van der Waals surface area contributed by atoms with Crippen molar-refractivity contribution in [2.45, 2.75) is 83.5 Å². The molecule has 1 heterocycles. The highest BCUT2D eigenvalue weighted by Crippen LogP contribution is 2.40. The lowest BCUT2D eigenvalue weighted by atomic mass is 9.92. The molecule has 172 valence electrons. The van der Waals surface area contributed by atoms with Gasteiger partial charge >= 0.3 is 0 Å². The van der Waals surface area contributed by atoms with E-state index in [4.69, 9.17) is 5.73 Å². The van der Waals surface area contributed by atoms with Crippen LogP contribution in [0, 0.1) is 17.8 Å². The first-order valence-corrected chi connectivity index (χ1v) is 11.5. The summed E-state index contributed by atoms with van der Waals surface area (Å²) >= 11 is 0. The van der Waals surface area contributed by atoms with Gasteiger partial charge in [0.05, 0.1) is 12.1 Å². The zero-order valence-corrected chi connectivity index (χ0v) is 18.9. The van der Waals surface area contributed by atoms with E-state index in [1.807, 2.05) is 20.8 Å². The standard InChI is InChI=1S/C23H36N4O4/c1-5-6-17(13(4)21(29)25-14-7-8-14)26-22(30)20-15-9-10-18(28)16(15)11-27(20)23(31)19(24)12(2)3/h12,14-17,19-20H,4-11,24H2,1-3H3,(H,25,29)(H,26,30)/t15-,16-,17?,19-,20?/m0/s1. The zero-order valence-electron chi connectivity index (χ0n) is 18.9. The Morgan fingerprint density at radius 3 is 2.48 bits per heavy atom. The number of carbonyl (C=O) groups excluding carboxylic acids is 4. The van der Waals surface area contributed by atoms with E-state index in [-0.39, 0.29) is 53.8 Å². The van der Waals surface area contributed by atoms with Gasteiger partial charge in [0.2, 0.25) is 17.7 Å².